The first-order valence-electron chi connectivity index (χ1n) is 8.32. The fraction of sp³-hybridized carbons (Fsp3) is 0.190. The molecule has 3 rings (SSSR count). The van der Waals surface area contributed by atoms with E-state index in [2.05, 4.69) is 58.6 Å². The lowest BCUT2D eigenvalue weighted by atomic mass is 10.2. The van der Waals surface area contributed by atoms with Gasteiger partial charge in [0, 0.05) is 58.7 Å². The largest absolute Gasteiger partial charge is 0.378 e. The van der Waals surface area contributed by atoms with Crippen LogP contribution in [0.15, 0.2) is 53.5 Å². The average molecular weight is 386 g/mol. The molecule has 0 saturated carbocycles. The molecule has 0 amide bonds. The lowest BCUT2D eigenvalue weighted by Gasteiger charge is -2.14. The van der Waals surface area contributed by atoms with Gasteiger partial charge >= 0.3 is 0 Å². The third-order valence-electron chi connectivity index (χ3n) is 4.29. The number of aryl methyl sites for hydroxylation is 1. The van der Waals surface area contributed by atoms with Gasteiger partial charge in [0.2, 0.25) is 0 Å². The fourth-order valence-corrected chi connectivity index (χ4v) is 3.49. The summed E-state index contributed by atoms with van der Waals surface area (Å²) in [6.07, 6.45) is 1.86. The van der Waals surface area contributed by atoms with Gasteiger partial charge in [-0.25, -0.2) is 0 Å². The van der Waals surface area contributed by atoms with Gasteiger partial charge < -0.3 is 9.47 Å². The van der Waals surface area contributed by atoms with Crippen LogP contribution in [0.5, 0.6) is 0 Å². The van der Waals surface area contributed by atoms with E-state index in [-0.39, 0.29) is 0 Å². The van der Waals surface area contributed by atoms with Crippen molar-refractivity contribution in [3.8, 4) is 5.69 Å². The smallest absolute Gasteiger partial charge is 0.0659 e. The van der Waals surface area contributed by atoms with E-state index in [1.807, 2.05) is 20.3 Å². The first-order valence-corrected chi connectivity index (χ1v) is 9.07. The summed E-state index contributed by atoms with van der Waals surface area (Å²) in [6.45, 7) is 4.19. The van der Waals surface area contributed by atoms with Gasteiger partial charge in [0.15, 0.2) is 0 Å². The molecule has 1 heterocycles. The summed E-state index contributed by atoms with van der Waals surface area (Å²) in [5.74, 6) is 0. The van der Waals surface area contributed by atoms with Gasteiger partial charge in [-0.05, 0) is 62.4 Å². The summed E-state index contributed by atoms with van der Waals surface area (Å²) >= 11 is 12.1. The second kappa shape index (κ2) is 7.56. The first kappa shape index (κ1) is 18.6. The molecule has 0 bridgehead atoms. The monoisotopic (exact) mass is 385 g/mol. The minimum Gasteiger partial charge on any atom is -0.378 e. The summed E-state index contributed by atoms with van der Waals surface area (Å²) < 4.78 is 2.23. The van der Waals surface area contributed by atoms with E-state index < -0.39 is 0 Å². The summed E-state index contributed by atoms with van der Waals surface area (Å²) in [5.41, 5.74) is 6.41. The predicted octanol–water partition coefficient (Wildman–Crippen LogP) is 6.22. The molecule has 2 aromatic carbocycles. The van der Waals surface area contributed by atoms with E-state index in [9.17, 15) is 0 Å². The van der Waals surface area contributed by atoms with Gasteiger partial charge in [-0.15, -0.1) is 0 Å². The molecule has 0 spiro atoms. The van der Waals surface area contributed by atoms with Crippen LogP contribution < -0.4 is 4.90 Å². The van der Waals surface area contributed by atoms with Gasteiger partial charge in [0.05, 0.1) is 5.69 Å². The molecule has 0 aliphatic heterocycles. The van der Waals surface area contributed by atoms with E-state index in [1.54, 1.807) is 18.2 Å². The van der Waals surface area contributed by atoms with Crippen LogP contribution >= 0.6 is 23.2 Å². The molecule has 0 aliphatic carbocycles. The van der Waals surface area contributed by atoms with Crippen LogP contribution in [0.3, 0.4) is 0 Å². The number of benzene rings is 2. The molecule has 0 radical (unpaired) electrons. The molecule has 3 aromatic rings. The zero-order valence-electron chi connectivity index (χ0n) is 15.3. The summed E-state index contributed by atoms with van der Waals surface area (Å²) in [5, 5.41) is 1.16. The molecule has 0 aliphatic rings. The van der Waals surface area contributed by atoms with Crippen molar-refractivity contribution in [2.45, 2.75) is 13.8 Å². The standard InChI is InChI=1S/C21H21Cl2N3/c1-14-9-16(13-24-19-11-17(22)10-18(23)12-19)15(2)26(14)21-7-5-20(6-8-21)25(3)4/h5-13H,1-4H3. The van der Waals surface area contributed by atoms with Crippen molar-refractivity contribution in [2.24, 2.45) is 4.99 Å². The van der Waals surface area contributed by atoms with Crippen LogP contribution in [-0.4, -0.2) is 24.9 Å². The van der Waals surface area contributed by atoms with Crippen molar-refractivity contribution in [2.75, 3.05) is 19.0 Å². The molecule has 0 fully saturated rings. The van der Waals surface area contributed by atoms with Crippen molar-refractivity contribution in [3.63, 3.8) is 0 Å². The highest BCUT2D eigenvalue weighted by atomic mass is 35.5. The van der Waals surface area contributed by atoms with Crippen LogP contribution in [0.4, 0.5) is 11.4 Å². The lowest BCUT2D eigenvalue weighted by Crippen LogP contribution is -2.08. The van der Waals surface area contributed by atoms with E-state index >= 15 is 0 Å². The van der Waals surface area contributed by atoms with Crippen molar-refractivity contribution in [1.82, 2.24) is 4.57 Å². The highest BCUT2D eigenvalue weighted by Gasteiger charge is 2.10. The Morgan fingerprint density at radius 3 is 2.12 bits per heavy atom. The lowest BCUT2D eigenvalue weighted by molar-refractivity contribution is 0.963. The Labute approximate surface area is 164 Å². The van der Waals surface area contributed by atoms with Gasteiger partial charge in [0.25, 0.3) is 0 Å². The molecule has 0 atom stereocenters. The van der Waals surface area contributed by atoms with E-state index in [0.717, 1.165) is 28.3 Å². The second-order valence-corrected chi connectivity index (χ2v) is 7.33. The quantitative estimate of drug-likeness (QED) is 0.488. The van der Waals surface area contributed by atoms with Crippen molar-refractivity contribution < 1.29 is 0 Å². The van der Waals surface area contributed by atoms with Crippen molar-refractivity contribution >= 4 is 40.8 Å². The van der Waals surface area contributed by atoms with Gasteiger partial charge in [0.1, 0.15) is 0 Å². The minimum atomic E-state index is 0.580. The fourth-order valence-electron chi connectivity index (χ4n) is 2.97. The van der Waals surface area contributed by atoms with Crippen LogP contribution in [-0.2, 0) is 0 Å². The van der Waals surface area contributed by atoms with Crippen molar-refractivity contribution in [3.05, 3.63) is 75.5 Å². The Bertz CT molecular complexity index is 934. The zero-order chi connectivity index (χ0) is 18.8. The maximum Gasteiger partial charge on any atom is 0.0659 e. The normalized spacial score (nSPS) is 11.3. The van der Waals surface area contributed by atoms with Crippen LogP contribution in [0.25, 0.3) is 5.69 Å². The molecule has 134 valence electrons. The van der Waals surface area contributed by atoms with E-state index in [1.165, 1.54) is 5.69 Å². The van der Waals surface area contributed by atoms with Crippen molar-refractivity contribution in [1.29, 1.82) is 0 Å². The topological polar surface area (TPSA) is 20.5 Å². The molecule has 0 unspecified atom stereocenters. The van der Waals surface area contributed by atoms with E-state index in [0.29, 0.717) is 10.0 Å². The molecular weight excluding hydrogens is 365 g/mol. The molecule has 3 nitrogen and oxygen atoms in total. The highest BCUT2D eigenvalue weighted by molar-refractivity contribution is 6.35. The van der Waals surface area contributed by atoms with E-state index in [4.69, 9.17) is 23.2 Å². The van der Waals surface area contributed by atoms with Crippen LogP contribution in [0.2, 0.25) is 10.0 Å². The number of halogens is 2. The summed E-state index contributed by atoms with van der Waals surface area (Å²) in [4.78, 5) is 6.62. The third-order valence-corrected chi connectivity index (χ3v) is 4.73. The Balaban J connectivity index is 1.94. The number of hydrogen-bond acceptors (Lipinski definition) is 2. The number of aromatic nitrogens is 1. The first-order chi connectivity index (χ1) is 12.3. The summed E-state index contributed by atoms with van der Waals surface area (Å²) in [7, 11) is 4.08. The van der Waals surface area contributed by atoms with Gasteiger partial charge in [-0.3, -0.25) is 4.99 Å². The number of anilines is 1. The third kappa shape index (κ3) is 3.95. The minimum absolute atomic E-state index is 0.580. The van der Waals surface area contributed by atoms with Crippen LogP contribution in [0, 0.1) is 13.8 Å². The average Bonchev–Trinajstić information content (AvgIpc) is 2.86. The van der Waals surface area contributed by atoms with Crippen LogP contribution in [0.1, 0.15) is 17.0 Å². The number of hydrogen-bond donors (Lipinski definition) is 0. The Morgan fingerprint density at radius 1 is 0.923 bits per heavy atom. The molecular formula is C21H21Cl2N3. The second-order valence-electron chi connectivity index (χ2n) is 6.46. The maximum atomic E-state index is 6.04. The number of aliphatic imine (C=N–C) groups is 1. The Morgan fingerprint density at radius 2 is 1.54 bits per heavy atom. The van der Waals surface area contributed by atoms with Gasteiger partial charge in [-0.1, -0.05) is 23.2 Å². The Kier molecular flexibility index (Phi) is 5.40. The number of nitrogens with zero attached hydrogens (tertiary/aromatic N) is 3. The summed E-state index contributed by atoms with van der Waals surface area (Å²) in [6, 6.07) is 15.9. The highest BCUT2D eigenvalue weighted by Crippen LogP contribution is 2.26. The molecule has 26 heavy (non-hydrogen) atoms. The maximum absolute atomic E-state index is 6.04. The SMILES string of the molecule is Cc1cc(C=Nc2cc(Cl)cc(Cl)c2)c(C)n1-c1ccc(N(C)C)cc1. The molecule has 5 heteroatoms. The predicted molar refractivity (Wildman–Crippen MR) is 113 cm³/mol. The molecule has 0 saturated heterocycles. The van der Waals surface area contributed by atoms with Gasteiger partial charge in [-0.2, -0.15) is 0 Å². The molecule has 1 aromatic heterocycles. The number of rotatable bonds is 4. The zero-order valence-corrected chi connectivity index (χ0v) is 16.8. The molecule has 0 N–H and O–H groups in total. The Hall–Kier alpha value is -2.23.